The summed E-state index contributed by atoms with van der Waals surface area (Å²) in [6.45, 7) is 3.22. The molecule has 1 aliphatic rings. The normalized spacial score (nSPS) is 16.2. The lowest BCUT2D eigenvalue weighted by atomic mass is 10.2. The van der Waals surface area contributed by atoms with Gasteiger partial charge in [-0.15, -0.1) is 0 Å². The summed E-state index contributed by atoms with van der Waals surface area (Å²) in [5.74, 6) is 0.0833. The predicted molar refractivity (Wildman–Crippen MR) is 123 cm³/mol. The third kappa shape index (κ3) is 5.24. The number of hydrogen-bond donors (Lipinski definition) is 0. The zero-order valence-corrected chi connectivity index (χ0v) is 20.1. The number of anilines is 1. The molecule has 1 aromatic carbocycles. The van der Waals surface area contributed by atoms with Crippen LogP contribution in [0.5, 0.6) is 0 Å². The number of aromatic nitrogens is 1. The quantitative estimate of drug-likeness (QED) is 0.405. The van der Waals surface area contributed by atoms with E-state index in [0.717, 1.165) is 36.1 Å². The van der Waals surface area contributed by atoms with E-state index in [1.165, 1.54) is 4.31 Å². The van der Waals surface area contributed by atoms with Crippen LogP contribution >= 0.6 is 11.3 Å². The summed E-state index contributed by atoms with van der Waals surface area (Å²) in [6, 6.07) is 2.06. The maximum atomic E-state index is 12.7. The lowest BCUT2D eigenvalue weighted by molar-refractivity contribution is -0.383. The molecule has 32 heavy (non-hydrogen) atoms. The highest BCUT2D eigenvalue weighted by Crippen LogP contribution is 2.34. The van der Waals surface area contributed by atoms with Crippen LogP contribution in [-0.4, -0.2) is 69.2 Å². The van der Waals surface area contributed by atoms with Gasteiger partial charge in [-0.2, -0.15) is 4.98 Å². The average molecular weight is 505 g/mol. The van der Waals surface area contributed by atoms with E-state index >= 15 is 0 Å². The summed E-state index contributed by atoms with van der Waals surface area (Å²) in [5, 5.41) is 11.7. The standard InChI is InChI=1S/C18H24N4O7S3/c1-3-4-10-32(28,29)21-7-5-6-20(8-9-21)18-19-17(23)14-11-13(31(2,26)27)12-15(22(24)25)16(14)30-18/h11-12H,3-10H2,1-2H3. The summed E-state index contributed by atoms with van der Waals surface area (Å²) in [6.07, 6.45) is 2.77. The lowest BCUT2D eigenvalue weighted by Gasteiger charge is -2.22. The molecule has 0 bridgehead atoms. The number of benzene rings is 1. The van der Waals surface area contributed by atoms with Crippen LogP contribution < -0.4 is 10.5 Å². The number of hydrogen-bond acceptors (Lipinski definition) is 10. The van der Waals surface area contributed by atoms with E-state index < -0.39 is 36.0 Å². The molecule has 11 nitrogen and oxygen atoms in total. The maximum Gasteiger partial charge on any atom is 0.288 e. The first-order valence-corrected chi connectivity index (χ1v) is 14.3. The fourth-order valence-corrected chi connectivity index (χ4v) is 6.87. The Kier molecular flexibility index (Phi) is 7.17. The molecular weight excluding hydrogens is 480 g/mol. The molecule has 176 valence electrons. The molecule has 0 N–H and O–H groups in total. The van der Waals surface area contributed by atoms with Crippen molar-refractivity contribution in [1.29, 1.82) is 0 Å². The number of sulfonamides is 1. The number of nitrogens with zero attached hydrogens (tertiary/aromatic N) is 4. The molecule has 0 atom stereocenters. The Morgan fingerprint density at radius 1 is 1.16 bits per heavy atom. The Hall–Kier alpha value is -2.16. The van der Waals surface area contributed by atoms with Gasteiger partial charge in [0.2, 0.25) is 10.0 Å². The fourth-order valence-electron chi connectivity index (χ4n) is 3.42. The van der Waals surface area contributed by atoms with Crippen LogP contribution in [0.2, 0.25) is 0 Å². The first-order chi connectivity index (χ1) is 14.9. The molecule has 1 fully saturated rings. The molecular formula is C18H24N4O7S3. The molecule has 0 aliphatic carbocycles. The van der Waals surface area contributed by atoms with E-state index in [1.807, 2.05) is 6.92 Å². The van der Waals surface area contributed by atoms with E-state index in [0.29, 0.717) is 25.9 Å². The van der Waals surface area contributed by atoms with Gasteiger partial charge >= 0.3 is 0 Å². The SMILES string of the molecule is CCCCS(=O)(=O)N1CCCN(c2nc(=O)c3cc(S(C)(=O)=O)cc([N+](=O)[O-])c3s2)CC1. The van der Waals surface area contributed by atoms with Crippen molar-refractivity contribution in [1.82, 2.24) is 9.29 Å². The molecule has 0 spiro atoms. The Labute approximate surface area is 189 Å². The minimum atomic E-state index is -3.77. The summed E-state index contributed by atoms with van der Waals surface area (Å²) < 4.78 is 50.3. The molecule has 0 saturated carbocycles. The van der Waals surface area contributed by atoms with E-state index in [4.69, 9.17) is 0 Å². The van der Waals surface area contributed by atoms with Crippen molar-refractivity contribution in [3.63, 3.8) is 0 Å². The number of rotatable bonds is 7. The number of fused-ring (bicyclic) bond motifs is 1. The van der Waals surface area contributed by atoms with E-state index in [-0.39, 0.29) is 39.0 Å². The second kappa shape index (κ2) is 9.37. The number of unbranched alkanes of at least 4 members (excludes halogenated alkanes) is 1. The second-order valence-electron chi connectivity index (χ2n) is 7.56. The van der Waals surface area contributed by atoms with Crippen molar-refractivity contribution < 1.29 is 21.8 Å². The first kappa shape index (κ1) is 24.5. The van der Waals surface area contributed by atoms with Gasteiger partial charge in [0, 0.05) is 38.5 Å². The molecule has 3 rings (SSSR count). The zero-order chi connectivity index (χ0) is 23.7. The van der Waals surface area contributed by atoms with Gasteiger partial charge in [-0.05, 0) is 18.9 Å². The molecule has 14 heteroatoms. The molecule has 1 aliphatic heterocycles. The third-order valence-corrected chi connectivity index (χ3v) is 9.38. The number of sulfone groups is 1. The molecule has 2 aromatic rings. The Bertz CT molecular complexity index is 1310. The molecule has 1 saturated heterocycles. The Morgan fingerprint density at radius 2 is 1.88 bits per heavy atom. The van der Waals surface area contributed by atoms with Gasteiger partial charge in [0.05, 0.1) is 21.0 Å². The van der Waals surface area contributed by atoms with E-state index in [9.17, 15) is 31.7 Å². The molecule has 0 amide bonds. The number of nitro groups is 1. The molecule has 0 radical (unpaired) electrons. The van der Waals surface area contributed by atoms with Gasteiger partial charge in [0.15, 0.2) is 15.0 Å². The van der Waals surface area contributed by atoms with Crippen LogP contribution in [0, 0.1) is 10.1 Å². The smallest absolute Gasteiger partial charge is 0.288 e. The second-order valence-corrected chi connectivity index (χ2v) is 12.6. The van der Waals surface area contributed by atoms with Crippen LogP contribution in [0.3, 0.4) is 0 Å². The summed E-state index contributed by atoms with van der Waals surface area (Å²) in [5.41, 5.74) is -1.24. The van der Waals surface area contributed by atoms with Gasteiger partial charge in [-0.1, -0.05) is 24.7 Å². The van der Waals surface area contributed by atoms with Crippen molar-refractivity contribution in [3.8, 4) is 0 Å². The van der Waals surface area contributed by atoms with Crippen LogP contribution in [-0.2, 0) is 19.9 Å². The van der Waals surface area contributed by atoms with Crippen molar-refractivity contribution in [3.05, 3.63) is 32.6 Å². The minimum Gasteiger partial charge on any atom is -0.347 e. The molecule has 1 aromatic heterocycles. The highest BCUT2D eigenvalue weighted by atomic mass is 32.2. The van der Waals surface area contributed by atoms with Crippen molar-refractivity contribution >= 4 is 52.1 Å². The third-order valence-electron chi connectivity index (χ3n) is 5.16. The topological polar surface area (TPSA) is 148 Å². The monoisotopic (exact) mass is 504 g/mol. The van der Waals surface area contributed by atoms with Crippen LogP contribution in [0.15, 0.2) is 21.8 Å². The van der Waals surface area contributed by atoms with Crippen molar-refractivity contribution in [2.75, 3.05) is 43.1 Å². The van der Waals surface area contributed by atoms with Crippen molar-refractivity contribution in [2.24, 2.45) is 0 Å². The number of non-ortho nitro benzene ring substituents is 1. The summed E-state index contributed by atoms with van der Waals surface area (Å²) in [4.78, 5) is 29.0. The summed E-state index contributed by atoms with van der Waals surface area (Å²) >= 11 is 0.924. The highest BCUT2D eigenvalue weighted by molar-refractivity contribution is 7.90. The minimum absolute atomic E-state index is 0.0362. The van der Waals surface area contributed by atoms with Gasteiger partial charge < -0.3 is 4.90 Å². The van der Waals surface area contributed by atoms with E-state index in [1.54, 1.807) is 4.90 Å². The first-order valence-electron chi connectivity index (χ1n) is 10.00. The molecule has 2 heterocycles. The molecule has 0 unspecified atom stereocenters. The van der Waals surface area contributed by atoms with Crippen LogP contribution in [0.4, 0.5) is 10.8 Å². The summed E-state index contributed by atoms with van der Waals surface area (Å²) in [7, 11) is -7.14. The predicted octanol–water partition coefficient (Wildman–Crippen LogP) is 1.61. The Balaban J connectivity index is 1.99. The van der Waals surface area contributed by atoms with E-state index in [2.05, 4.69) is 4.98 Å². The zero-order valence-electron chi connectivity index (χ0n) is 17.7. The fraction of sp³-hybridized carbons (Fsp3) is 0.556. The largest absolute Gasteiger partial charge is 0.347 e. The van der Waals surface area contributed by atoms with Gasteiger partial charge in [0.25, 0.3) is 11.2 Å². The van der Waals surface area contributed by atoms with Gasteiger partial charge in [-0.25, -0.2) is 21.1 Å². The number of nitro benzene ring substituents is 1. The van der Waals surface area contributed by atoms with Crippen LogP contribution in [0.25, 0.3) is 10.1 Å². The average Bonchev–Trinajstić information content (AvgIpc) is 2.97. The van der Waals surface area contributed by atoms with Gasteiger partial charge in [0.1, 0.15) is 4.70 Å². The van der Waals surface area contributed by atoms with Crippen LogP contribution in [0.1, 0.15) is 26.2 Å². The maximum absolute atomic E-state index is 12.7. The highest BCUT2D eigenvalue weighted by Gasteiger charge is 2.27. The Morgan fingerprint density at radius 3 is 2.50 bits per heavy atom. The van der Waals surface area contributed by atoms with Crippen molar-refractivity contribution in [2.45, 2.75) is 31.1 Å². The lowest BCUT2D eigenvalue weighted by Crippen LogP contribution is -2.36. The van der Waals surface area contributed by atoms with Gasteiger partial charge in [-0.3, -0.25) is 14.9 Å².